The third-order valence-corrected chi connectivity index (χ3v) is 6.55. The topological polar surface area (TPSA) is 106 Å². The third kappa shape index (κ3) is 3.75. The van der Waals surface area contributed by atoms with Gasteiger partial charge in [-0.15, -0.1) is 0 Å². The predicted molar refractivity (Wildman–Crippen MR) is 132 cm³/mol. The second kappa shape index (κ2) is 8.03. The molecule has 4 N–H and O–H groups in total. The van der Waals surface area contributed by atoms with E-state index in [1.54, 1.807) is 0 Å². The van der Waals surface area contributed by atoms with E-state index in [-0.39, 0.29) is 0 Å². The largest absolute Gasteiger partial charge is 0.365 e. The van der Waals surface area contributed by atoms with E-state index in [0.29, 0.717) is 18.5 Å². The molecule has 0 spiro atoms. The summed E-state index contributed by atoms with van der Waals surface area (Å²) >= 11 is 0. The minimum atomic E-state index is 0.436. The molecule has 2 aliphatic rings. The van der Waals surface area contributed by atoms with Crippen LogP contribution in [-0.4, -0.2) is 56.8 Å². The minimum absolute atomic E-state index is 0.436. The van der Waals surface area contributed by atoms with Gasteiger partial charge in [0.25, 0.3) is 0 Å². The van der Waals surface area contributed by atoms with Gasteiger partial charge in [-0.05, 0) is 49.2 Å². The van der Waals surface area contributed by atoms with Crippen molar-refractivity contribution in [2.75, 3.05) is 13.1 Å². The van der Waals surface area contributed by atoms with E-state index < -0.39 is 0 Å². The first-order valence-electron chi connectivity index (χ1n) is 11.8. The zero-order chi connectivity index (χ0) is 22.4. The minimum Gasteiger partial charge on any atom is -0.365 e. The predicted octanol–water partition coefficient (Wildman–Crippen LogP) is 3.29. The Morgan fingerprint density at radius 1 is 0.727 bits per heavy atom. The Morgan fingerprint density at radius 3 is 1.64 bits per heavy atom. The normalized spacial score (nSPS) is 20.2. The van der Waals surface area contributed by atoms with Gasteiger partial charge in [-0.1, -0.05) is 13.8 Å². The molecule has 0 amide bonds. The van der Waals surface area contributed by atoms with Gasteiger partial charge in [-0.3, -0.25) is 9.98 Å². The summed E-state index contributed by atoms with van der Waals surface area (Å²) in [5.41, 5.74) is 6.13. The highest BCUT2D eigenvalue weighted by atomic mass is 15.1. The Kier molecular flexibility index (Phi) is 4.86. The molecule has 0 aliphatic carbocycles. The maximum Gasteiger partial charge on any atom is 0.128 e. The van der Waals surface area contributed by atoms with Crippen molar-refractivity contribution in [3.8, 4) is 0 Å². The average molecular weight is 441 g/mol. The maximum atomic E-state index is 4.77. The summed E-state index contributed by atoms with van der Waals surface area (Å²) in [5, 5.41) is 7.00. The van der Waals surface area contributed by atoms with Crippen LogP contribution in [0.2, 0.25) is 0 Å². The highest BCUT2D eigenvalue weighted by Crippen LogP contribution is 2.20. The molecule has 0 radical (unpaired) electrons. The van der Waals surface area contributed by atoms with Crippen molar-refractivity contribution < 1.29 is 0 Å². The first-order chi connectivity index (χ1) is 16.2. The van der Waals surface area contributed by atoms with Crippen LogP contribution in [0.5, 0.6) is 0 Å². The van der Waals surface area contributed by atoms with Crippen LogP contribution in [0.1, 0.15) is 49.5 Å². The van der Waals surface area contributed by atoms with Gasteiger partial charge in [0.05, 0.1) is 41.6 Å². The molecule has 2 unspecified atom stereocenters. The molecule has 4 heterocycles. The van der Waals surface area contributed by atoms with Crippen LogP contribution in [0, 0.1) is 0 Å². The van der Waals surface area contributed by atoms with Crippen LogP contribution < -0.4 is 10.6 Å². The monoisotopic (exact) mass is 440 g/mol. The third-order valence-electron chi connectivity index (χ3n) is 6.55. The molecule has 8 heteroatoms. The van der Waals surface area contributed by atoms with Crippen LogP contribution in [0.3, 0.4) is 0 Å². The number of hydrogen-bond acceptors (Lipinski definition) is 6. The van der Waals surface area contributed by atoms with Crippen molar-refractivity contribution in [1.82, 2.24) is 30.6 Å². The summed E-state index contributed by atoms with van der Waals surface area (Å²) in [7, 11) is 0. The number of rotatable bonds is 6. The Bertz CT molecular complexity index is 1290. The Hall–Kier alpha value is -3.68. The highest BCUT2D eigenvalue weighted by molar-refractivity contribution is 6.03. The van der Waals surface area contributed by atoms with E-state index in [9.17, 15) is 0 Å². The molecular formula is C25H28N8. The van der Waals surface area contributed by atoms with Crippen molar-refractivity contribution in [3.05, 3.63) is 59.2 Å². The fraction of sp³-hybridized carbons (Fsp3) is 0.360. The van der Waals surface area contributed by atoms with Crippen LogP contribution in [0.25, 0.3) is 22.1 Å². The molecule has 0 fully saturated rings. The number of aliphatic imine (C=N–C) groups is 2. The van der Waals surface area contributed by atoms with Crippen molar-refractivity contribution in [1.29, 1.82) is 0 Å². The second-order valence-corrected chi connectivity index (χ2v) is 8.89. The van der Waals surface area contributed by atoms with Gasteiger partial charge in [-0.25, -0.2) is 9.97 Å². The van der Waals surface area contributed by atoms with Gasteiger partial charge in [0.1, 0.15) is 23.3 Å². The molecule has 0 saturated carbocycles. The number of nitrogens with one attached hydrogen (secondary N) is 4. The summed E-state index contributed by atoms with van der Waals surface area (Å²) < 4.78 is 0. The van der Waals surface area contributed by atoms with E-state index in [4.69, 9.17) is 9.97 Å². The maximum absolute atomic E-state index is 4.77. The van der Waals surface area contributed by atoms with Crippen molar-refractivity contribution in [2.24, 2.45) is 9.98 Å². The molecule has 6 rings (SSSR count). The molecule has 0 saturated heterocycles. The molecule has 2 aromatic heterocycles. The first-order valence-corrected chi connectivity index (χ1v) is 11.8. The molecule has 168 valence electrons. The Labute approximate surface area is 192 Å². The molecule has 2 atom stereocenters. The van der Waals surface area contributed by atoms with Gasteiger partial charge in [-0.2, -0.15) is 0 Å². The van der Waals surface area contributed by atoms with Crippen molar-refractivity contribution >= 4 is 33.7 Å². The number of fused-ring (bicyclic) bond motifs is 2. The van der Waals surface area contributed by atoms with Gasteiger partial charge in [0.2, 0.25) is 0 Å². The summed E-state index contributed by atoms with van der Waals surface area (Å²) in [4.78, 5) is 25.8. The SMILES string of the molecule is CCC1CN=C(c2ccc3nc(Cc4nc5ccc(C6=NCC(CC)N6)cc5[nH]4)[nH]c3c2)N1. The van der Waals surface area contributed by atoms with Gasteiger partial charge in [0.15, 0.2) is 0 Å². The van der Waals surface area contributed by atoms with Crippen LogP contribution >= 0.6 is 0 Å². The number of hydrogen-bond donors (Lipinski definition) is 4. The molecule has 2 aromatic carbocycles. The first kappa shape index (κ1) is 20.0. The smallest absolute Gasteiger partial charge is 0.128 e. The van der Waals surface area contributed by atoms with E-state index in [1.807, 2.05) is 0 Å². The lowest BCUT2D eigenvalue weighted by atomic mass is 10.1. The van der Waals surface area contributed by atoms with Crippen molar-refractivity contribution in [3.63, 3.8) is 0 Å². The number of nitrogens with zero attached hydrogens (tertiary/aromatic N) is 4. The average Bonchev–Trinajstić information content (AvgIpc) is 3.62. The zero-order valence-electron chi connectivity index (χ0n) is 18.9. The number of amidine groups is 2. The van der Waals surface area contributed by atoms with Crippen LogP contribution in [0.15, 0.2) is 46.4 Å². The zero-order valence-corrected chi connectivity index (χ0v) is 18.9. The van der Waals surface area contributed by atoms with Crippen molar-refractivity contribution in [2.45, 2.75) is 45.2 Å². The lowest BCUT2D eigenvalue weighted by Crippen LogP contribution is -2.29. The molecular weight excluding hydrogens is 412 g/mol. The molecule has 4 aromatic rings. The summed E-state index contributed by atoms with van der Waals surface area (Å²) in [6.07, 6.45) is 2.76. The summed E-state index contributed by atoms with van der Waals surface area (Å²) in [6.45, 7) is 6.05. The van der Waals surface area contributed by atoms with Crippen LogP contribution in [0.4, 0.5) is 0 Å². The lowest BCUT2D eigenvalue weighted by molar-refractivity contribution is 0.636. The van der Waals surface area contributed by atoms with Gasteiger partial charge in [0, 0.05) is 23.2 Å². The second-order valence-electron chi connectivity index (χ2n) is 8.89. The molecule has 2 aliphatic heterocycles. The standard InChI is InChI=1S/C25H28N8/c1-3-16-12-26-24(28-16)14-5-7-18-20(9-14)32-22(30-18)11-23-31-19-8-6-15(10-21(19)33-23)25-27-13-17(4-2)29-25/h5-10,16-17H,3-4,11-13H2,1-2H3,(H,26,28)(H,27,29)(H,30,32)(H,31,33). The quantitative estimate of drug-likeness (QED) is 0.369. The number of aromatic amines is 2. The van der Waals surface area contributed by atoms with Gasteiger partial charge < -0.3 is 20.6 Å². The number of benzene rings is 2. The van der Waals surface area contributed by atoms with Gasteiger partial charge >= 0.3 is 0 Å². The Morgan fingerprint density at radius 2 is 1.21 bits per heavy atom. The van der Waals surface area contributed by atoms with E-state index in [2.05, 4.69) is 80.8 Å². The highest BCUT2D eigenvalue weighted by Gasteiger charge is 2.19. The van der Waals surface area contributed by atoms with E-state index in [0.717, 1.165) is 82.4 Å². The molecule has 0 bridgehead atoms. The van der Waals surface area contributed by atoms with Crippen LogP contribution in [-0.2, 0) is 6.42 Å². The summed E-state index contributed by atoms with van der Waals surface area (Å²) in [6, 6.07) is 13.4. The number of H-pyrrole nitrogens is 2. The fourth-order valence-corrected chi connectivity index (χ4v) is 4.53. The Balaban J connectivity index is 1.22. The number of aromatic nitrogens is 4. The lowest BCUT2D eigenvalue weighted by Gasteiger charge is -2.08. The van der Waals surface area contributed by atoms with E-state index in [1.165, 1.54) is 0 Å². The molecule has 33 heavy (non-hydrogen) atoms. The fourth-order valence-electron chi connectivity index (χ4n) is 4.53. The molecule has 8 nitrogen and oxygen atoms in total. The number of imidazole rings is 2. The summed E-state index contributed by atoms with van der Waals surface area (Å²) in [5.74, 6) is 3.72. The van der Waals surface area contributed by atoms with E-state index >= 15 is 0 Å².